The zero-order valence-electron chi connectivity index (χ0n) is 12.0. The van der Waals surface area contributed by atoms with E-state index in [1.165, 1.54) is 0 Å². The smallest absolute Gasteiger partial charge is 0.415 e. The number of rotatable bonds is 1. The number of amides is 1. The maximum absolute atomic E-state index is 12.3. The molecule has 110 valence electrons. The molecule has 1 aliphatic rings. The van der Waals surface area contributed by atoms with Crippen molar-refractivity contribution in [2.75, 3.05) is 25.2 Å². The van der Waals surface area contributed by atoms with Gasteiger partial charge in [0, 0.05) is 12.1 Å². The zero-order chi connectivity index (χ0) is 14.9. The number of anilines is 1. The Bertz CT molecular complexity index is 525. The number of fused-ring (bicyclic) bond motifs is 1. The lowest BCUT2D eigenvalue weighted by molar-refractivity contribution is 0.0567. The second kappa shape index (κ2) is 5.52. The standard InChI is InChI=1S/C14H18BrNO4/c1-14(2,3)20-13(17)16-5-6-19-12-7-9(15)11(18-4)8-10(12)16/h7-8H,5-6H2,1-4H3. The summed E-state index contributed by atoms with van der Waals surface area (Å²) in [6, 6.07) is 3.56. The van der Waals surface area contributed by atoms with E-state index in [1.807, 2.05) is 20.8 Å². The summed E-state index contributed by atoms with van der Waals surface area (Å²) in [6.07, 6.45) is -0.383. The fourth-order valence-electron chi connectivity index (χ4n) is 1.88. The molecular formula is C14H18BrNO4. The molecule has 1 aromatic carbocycles. The molecule has 1 heterocycles. The summed E-state index contributed by atoms with van der Waals surface area (Å²) in [4.78, 5) is 13.8. The third kappa shape index (κ3) is 3.17. The molecule has 0 saturated carbocycles. The Kier molecular flexibility index (Phi) is 4.13. The number of carbonyl (C=O) groups excluding carboxylic acids is 1. The van der Waals surface area contributed by atoms with E-state index >= 15 is 0 Å². The third-order valence-corrected chi connectivity index (χ3v) is 3.33. The van der Waals surface area contributed by atoms with Gasteiger partial charge in [-0.1, -0.05) is 0 Å². The minimum absolute atomic E-state index is 0.383. The average molecular weight is 344 g/mol. The molecule has 0 spiro atoms. The summed E-state index contributed by atoms with van der Waals surface area (Å²) in [5, 5.41) is 0. The normalized spacial score (nSPS) is 14.3. The molecule has 6 heteroatoms. The quantitative estimate of drug-likeness (QED) is 0.781. The molecule has 0 saturated heterocycles. The molecule has 0 unspecified atom stereocenters. The SMILES string of the molecule is COc1cc2c(cc1Br)OCCN2C(=O)OC(C)(C)C. The summed E-state index contributed by atoms with van der Waals surface area (Å²) in [7, 11) is 1.58. The number of nitrogens with zero attached hydrogens (tertiary/aromatic N) is 1. The predicted octanol–water partition coefficient (Wildman–Crippen LogP) is 3.59. The van der Waals surface area contributed by atoms with Crippen molar-refractivity contribution in [3.63, 3.8) is 0 Å². The molecule has 5 nitrogen and oxygen atoms in total. The summed E-state index contributed by atoms with van der Waals surface area (Å²) in [5.74, 6) is 1.28. The number of methoxy groups -OCH3 is 1. The molecular weight excluding hydrogens is 326 g/mol. The second-order valence-electron chi connectivity index (χ2n) is 5.43. The first-order chi connectivity index (χ1) is 9.31. The van der Waals surface area contributed by atoms with Crippen molar-refractivity contribution >= 4 is 27.7 Å². The lowest BCUT2D eigenvalue weighted by Gasteiger charge is -2.32. The van der Waals surface area contributed by atoms with Gasteiger partial charge in [-0.2, -0.15) is 0 Å². The fourth-order valence-corrected chi connectivity index (χ4v) is 2.37. The first-order valence-electron chi connectivity index (χ1n) is 6.32. The third-order valence-electron chi connectivity index (χ3n) is 2.71. The first-order valence-corrected chi connectivity index (χ1v) is 7.12. The van der Waals surface area contributed by atoms with Gasteiger partial charge in [0.2, 0.25) is 0 Å². The second-order valence-corrected chi connectivity index (χ2v) is 6.29. The van der Waals surface area contributed by atoms with Gasteiger partial charge >= 0.3 is 6.09 Å². The van der Waals surface area contributed by atoms with Gasteiger partial charge in [-0.25, -0.2) is 4.79 Å². The van der Waals surface area contributed by atoms with Crippen molar-refractivity contribution in [2.45, 2.75) is 26.4 Å². The Morgan fingerprint density at radius 3 is 2.70 bits per heavy atom. The van der Waals surface area contributed by atoms with Gasteiger partial charge in [0.1, 0.15) is 23.7 Å². The van der Waals surface area contributed by atoms with Crippen molar-refractivity contribution in [1.82, 2.24) is 0 Å². The minimum atomic E-state index is -0.533. The Morgan fingerprint density at radius 1 is 1.40 bits per heavy atom. The van der Waals surface area contributed by atoms with Crippen molar-refractivity contribution in [2.24, 2.45) is 0 Å². The van der Waals surface area contributed by atoms with Crippen LogP contribution in [0.25, 0.3) is 0 Å². The Labute approximate surface area is 126 Å². The van der Waals surface area contributed by atoms with Gasteiger partial charge < -0.3 is 14.2 Å². The van der Waals surface area contributed by atoms with Crippen molar-refractivity contribution in [3.8, 4) is 11.5 Å². The molecule has 0 aromatic heterocycles. The molecule has 0 radical (unpaired) electrons. The van der Waals surface area contributed by atoms with Gasteiger partial charge in [-0.15, -0.1) is 0 Å². The number of hydrogen-bond donors (Lipinski definition) is 0. The number of halogens is 1. The Hall–Kier alpha value is -1.43. The topological polar surface area (TPSA) is 48.0 Å². The van der Waals surface area contributed by atoms with Gasteiger partial charge in [0.05, 0.1) is 23.8 Å². The average Bonchev–Trinajstić information content (AvgIpc) is 2.35. The molecule has 1 amide bonds. The van der Waals surface area contributed by atoms with Gasteiger partial charge in [-0.05, 0) is 36.7 Å². The highest BCUT2D eigenvalue weighted by Gasteiger charge is 2.29. The maximum atomic E-state index is 12.3. The first kappa shape index (κ1) is 15.0. The van der Waals surface area contributed by atoms with E-state index in [0.29, 0.717) is 30.3 Å². The van der Waals surface area contributed by atoms with Crippen LogP contribution in [0.15, 0.2) is 16.6 Å². The highest BCUT2D eigenvalue weighted by molar-refractivity contribution is 9.10. The number of carbonyl (C=O) groups is 1. The predicted molar refractivity (Wildman–Crippen MR) is 79.8 cm³/mol. The van der Waals surface area contributed by atoms with E-state index in [1.54, 1.807) is 24.1 Å². The van der Waals surface area contributed by atoms with Crippen LogP contribution in [0.5, 0.6) is 11.5 Å². The number of hydrogen-bond acceptors (Lipinski definition) is 4. The molecule has 20 heavy (non-hydrogen) atoms. The zero-order valence-corrected chi connectivity index (χ0v) is 13.6. The van der Waals surface area contributed by atoms with Crippen LogP contribution in [0.1, 0.15) is 20.8 Å². The van der Waals surface area contributed by atoms with Crippen molar-refractivity contribution in [1.29, 1.82) is 0 Å². The van der Waals surface area contributed by atoms with Crippen LogP contribution in [0, 0.1) is 0 Å². The molecule has 1 aliphatic heterocycles. The molecule has 0 bridgehead atoms. The molecule has 2 rings (SSSR count). The highest BCUT2D eigenvalue weighted by atomic mass is 79.9. The van der Waals surface area contributed by atoms with Crippen LogP contribution in [0.4, 0.5) is 10.5 Å². The largest absolute Gasteiger partial charge is 0.495 e. The van der Waals surface area contributed by atoms with Crippen LogP contribution in [-0.4, -0.2) is 32.0 Å². The number of benzene rings is 1. The van der Waals surface area contributed by atoms with E-state index in [2.05, 4.69) is 15.9 Å². The van der Waals surface area contributed by atoms with E-state index in [9.17, 15) is 4.79 Å². The van der Waals surface area contributed by atoms with E-state index in [-0.39, 0.29) is 6.09 Å². The van der Waals surface area contributed by atoms with Gasteiger partial charge in [0.25, 0.3) is 0 Å². The molecule has 1 aromatic rings. The molecule has 0 N–H and O–H groups in total. The summed E-state index contributed by atoms with van der Waals surface area (Å²) in [6.45, 7) is 6.41. The molecule has 0 aliphatic carbocycles. The maximum Gasteiger partial charge on any atom is 0.415 e. The summed E-state index contributed by atoms with van der Waals surface area (Å²) in [5.41, 5.74) is 0.125. The minimum Gasteiger partial charge on any atom is -0.495 e. The van der Waals surface area contributed by atoms with E-state index in [0.717, 1.165) is 4.47 Å². The molecule has 0 fully saturated rings. The van der Waals surface area contributed by atoms with E-state index < -0.39 is 5.60 Å². The lowest BCUT2D eigenvalue weighted by Crippen LogP contribution is -2.41. The fraction of sp³-hybridized carbons (Fsp3) is 0.500. The van der Waals surface area contributed by atoms with Crippen LogP contribution in [0.2, 0.25) is 0 Å². The summed E-state index contributed by atoms with van der Waals surface area (Å²) < 4.78 is 17.0. The van der Waals surface area contributed by atoms with Crippen molar-refractivity contribution < 1.29 is 19.0 Å². The van der Waals surface area contributed by atoms with Crippen LogP contribution < -0.4 is 14.4 Å². The van der Waals surface area contributed by atoms with Crippen molar-refractivity contribution in [3.05, 3.63) is 16.6 Å². The van der Waals surface area contributed by atoms with Crippen LogP contribution >= 0.6 is 15.9 Å². The van der Waals surface area contributed by atoms with Crippen LogP contribution in [-0.2, 0) is 4.74 Å². The monoisotopic (exact) mass is 343 g/mol. The van der Waals surface area contributed by atoms with Gasteiger partial charge in [-0.3, -0.25) is 4.90 Å². The Morgan fingerprint density at radius 2 is 2.10 bits per heavy atom. The van der Waals surface area contributed by atoms with Gasteiger partial charge in [0.15, 0.2) is 0 Å². The Balaban J connectivity index is 2.34. The lowest BCUT2D eigenvalue weighted by atomic mass is 10.2. The van der Waals surface area contributed by atoms with E-state index in [4.69, 9.17) is 14.2 Å². The highest BCUT2D eigenvalue weighted by Crippen LogP contribution is 2.40. The number of ether oxygens (including phenoxy) is 3. The summed E-state index contributed by atoms with van der Waals surface area (Å²) >= 11 is 3.40. The van der Waals surface area contributed by atoms with Crippen LogP contribution in [0.3, 0.4) is 0 Å². The molecule has 0 atom stereocenters.